The van der Waals surface area contributed by atoms with Crippen LogP contribution in [0.1, 0.15) is 47.5 Å². The number of esters is 4. The molecule has 0 saturated carbocycles. The second kappa shape index (κ2) is 15.4. The van der Waals surface area contributed by atoms with Gasteiger partial charge in [-0.25, -0.2) is 0 Å². The maximum absolute atomic E-state index is 11.0. The Morgan fingerprint density at radius 1 is 0.706 bits per heavy atom. The van der Waals surface area contributed by atoms with E-state index in [1.54, 1.807) is 0 Å². The van der Waals surface area contributed by atoms with Crippen LogP contribution in [0.4, 0.5) is 0 Å². The maximum atomic E-state index is 11.0. The molecule has 0 N–H and O–H groups in total. The first-order valence-electron chi connectivity index (χ1n) is 10.6. The summed E-state index contributed by atoms with van der Waals surface area (Å²) in [5, 5.41) is -0.199. The monoisotopic (exact) mass is 680 g/mol. The third-order valence-electron chi connectivity index (χ3n) is 4.77. The molecule has 0 amide bonds. The second-order valence-corrected chi connectivity index (χ2v) is 11.1. The number of carbonyl (C=O) groups is 4. The predicted octanol–water partition coefficient (Wildman–Crippen LogP) is 3.18. The summed E-state index contributed by atoms with van der Waals surface area (Å²) < 4.78 is 31.3. The highest BCUT2D eigenvalue weighted by molar-refractivity contribution is 9.12. The van der Waals surface area contributed by atoms with E-state index in [2.05, 4.69) is 47.8 Å². The fourth-order valence-corrected chi connectivity index (χ4v) is 4.68. The Bertz CT molecular complexity index is 648. The SMILES string of the molecule is CC(=O)OCC1OC(Br)C(Br)CC1OC(C)=O.CC(=O)OCC1OC(C)C(Br)CC1OC(C)=O. The number of hydrogen-bond acceptors (Lipinski definition) is 10. The van der Waals surface area contributed by atoms with E-state index in [0.29, 0.717) is 12.8 Å². The number of hydrogen-bond donors (Lipinski definition) is 0. The molecule has 2 heterocycles. The van der Waals surface area contributed by atoms with Gasteiger partial charge in [-0.1, -0.05) is 47.8 Å². The van der Waals surface area contributed by atoms with E-state index in [-0.39, 0.29) is 64.0 Å². The zero-order chi connectivity index (χ0) is 26.0. The van der Waals surface area contributed by atoms with Crippen LogP contribution in [0.2, 0.25) is 0 Å². The van der Waals surface area contributed by atoms with Crippen LogP contribution in [0.5, 0.6) is 0 Å². The Morgan fingerprint density at radius 3 is 1.53 bits per heavy atom. The number of halogens is 3. The topological polar surface area (TPSA) is 124 Å². The van der Waals surface area contributed by atoms with Gasteiger partial charge in [0.15, 0.2) is 0 Å². The molecule has 8 unspecified atom stereocenters. The van der Waals surface area contributed by atoms with E-state index >= 15 is 0 Å². The molecule has 0 aromatic carbocycles. The molecule has 0 aliphatic carbocycles. The largest absolute Gasteiger partial charge is 0.463 e. The van der Waals surface area contributed by atoms with Gasteiger partial charge in [0.25, 0.3) is 0 Å². The van der Waals surface area contributed by atoms with Gasteiger partial charge < -0.3 is 28.4 Å². The van der Waals surface area contributed by atoms with Gasteiger partial charge >= 0.3 is 23.9 Å². The lowest BCUT2D eigenvalue weighted by molar-refractivity contribution is -0.177. The molecule has 0 bridgehead atoms. The second-order valence-electron chi connectivity index (χ2n) is 7.81. The minimum absolute atomic E-state index is 0.0117. The highest BCUT2D eigenvalue weighted by atomic mass is 79.9. The molecule has 0 aromatic heterocycles. The smallest absolute Gasteiger partial charge is 0.302 e. The summed E-state index contributed by atoms with van der Waals surface area (Å²) in [4.78, 5) is 43.6. The van der Waals surface area contributed by atoms with E-state index in [1.165, 1.54) is 27.7 Å². The van der Waals surface area contributed by atoms with Crippen LogP contribution in [-0.4, -0.2) is 82.3 Å². The zero-order valence-corrected chi connectivity index (χ0v) is 24.4. The van der Waals surface area contributed by atoms with Gasteiger partial charge in [0, 0.05) is 45.4 Å². The first-order chi connectivity index (χ1) is 15.8. The van der Waals surface area contributed by atoms with Gasteiger partial charge in [-0.3, -0.25) is 19.2 Å². The third kappa shape index (κ3) is 11.8. The lowest BCUT2D eigenvalue weighted by atomic mass is 10.0. The highest BCUT2D eigenvalue weighted by Gasteiger charge is 2.39. The van der Waals surface area contributed by atoms with Crippen molar-refractivity contribution in [3.63, 3.8) is 0 Å². The minimum Gasteiger partial charge on any atom is -0.463 e. The van der Waals surface area contributed by atoms with Crippen molar-refractivity contribution in [2.24, 2.45) is 0 Å². The van der Waals surface area contributed by atoms with Crippen molar-refractivity contribution < 1.29 is 47.6 Å². The van der Waals surface area contributed by atoms with Crippen molar-refractivity contribution in [1.82, 2.24) is 0 Å². The molecule has 13 heteroatoms. The standard InChI is InChI=1S/C11H17BrO5.C10H14Br2O5/c1-6-9(12)4-10(17-8(3)14)11(16-6)5-15-7(2)13;1-5(13)15-4-9-8(16-6(2)14)3-7(11)10(12)17-9/h6,9-11H,4-5H2,1-3H3;7-10H,3-4H2,1-2H3. The molecule has 10 nitrogen and oxygen atoms in total. The average molecular weight is 683 g/mol. The molecule has 0 spiro atoms. The Morgan fingerprint density at radius 2 is 1.12 bits per heavy atom. The number of rotatable bonds is 6. The van der Waals surface area contributed by atoms with Crippen LogP contribution in [0.25, 0.3) is 0 Å². The Labute approximate surface area is 224 Å². The maximum Gasteiger partial charge on any atom is 0.302 e. The molecule has 2 saturated heterocycles. The summed E-state index contributed by atoms with van der Waals surface area (Å²) in [5.74, 6) is -1.49. The normalized spacial score (nSPS) is 32.9. The van der Waals surface area contributed by atoms with Gasteiger partial charge in [-0.05, 0) is 6.92 Å². The molecule has 8 atom stereocenters. The third-order valence-corrected chi connectivity index (χ3v) is 8.30. The molecular formula is C21H31Br3O10. The van der Waals surface area contributed by atoms with Gasteiger partial charge in [0.05, 0.1) is 10.9 Å². The van der Waals surface area contributed by atoms with Crippen LogP contribution in [0.3, 0.4) is 0 Å². The van der Waals surface area contributed by atoms with Crippen molar-refractivity contribution in [3.8, 4) is 0 Å². The van der Waals surface area contributed by atoms with Crippen molar-refractivity contribution >= 4 is 71.7 Å². The lowest BCUT2D eigenvalue weighted by Gasteiger charge is -2.37. The summed E-state index contributed by atoms with van der Waals surface area (Å²) in [7, 11) is 0. The fourth-order valence-electron chi connectivity index (χ4n) is 3.20. The van der Waals surface area contributed by atoms with Crippen LogP contribution in [0, 0.1) is 0 Å². The summed E-state index contributed by atoms with van der Waals surface area (Å²) >= 11 is 10.2. The van der Waals surface area contributed by atoms with Gasteiger partial charge in [-0.15, -0.1) is 0 Å². The molecule has 2 aliphatic rings. The Balaban J connectivity index is 0.000000340. The zero-order valence-electron chi connectivity index (χ0n) is 19.7. The number of ether oxygens (including phenoxy) is 6. The number of alkyl halides is 3. The molecule has 2 rings (SSSR count). The first-order valence-corrected chi connectivity index (χ1v) is 13.4. The molecular weight excluding hydrogens is 652 g/mol. The van der Waals surface area contributed by atoms with Crippen molar-refractivity contribution in [2.75, 3.05) is 13.2 Å². The highest BCUT2D eigenvalue weighted by Crippen LogP contribution is 2.31. The predicted molar refractivity (Wildman–Crippen MR) is 131 cm³/mol. The molecule has 34 heavy (non-hydrogen) atoms. The van der Waals surface area contributed by atoms with E-state index in [4.69, 9.17) is 28.4 Å². The minimum atomic E-state index is -0.444. The molecule has 2 fully saturated rings. The summed E-state index contributed by atoms with van der Waals surface area (Å²) in [6.07, 6.45) is -0.402. The summed E-state index contributed by atoms with van der Waals surface area (Å²) in [6, 6.07) is 0. The molecule has 0 radical (unpaired) electrons. The van der Waals surface area contributed by atoms with Gasteiger partial charge in [-0.2, -0.15) is 0 Å². The molecule has 2 aliphatic heterocycles. The quantitative estimate of drug-likeness (QED) is 0.235. The first kappa shape index (κ1) is 31.3. The van der Waals surface area contributed by atoms with Gasteiger partial charge in [0.2, 0.25) is 0 Å². The van der Waals surface area contributed by atoms with E-state index in [9.17, 15) is 19.2 Å². The Hall–Kier alpha value is -0.760. The van der Waals surface area contributed by atoms with Crippen molar-refractivity contribution in [3.05, 3.63) is 0 Å². The number of carbonyl (C=O) groups excluding carboxylic acids is 4. The summed E-state index contributed by atoms with van der Waals surface area (Å²) in [5.41, 5.74) is 0. The molecule has 0 aromatic rings. The van der Waals surface area contributed by atoms with E-state index in [1.807, 2.05) is 6.92 Å². The van der Waals surface area contributed by atoms with Crippen LogP contribution >= 0.6 is 47.8 Å². The van der Waals surface area contributed by atoms with Crippen molar-refractivity contribution in [2.45, 2.75) is 92.6 Å². The fraction of sp³-hybridized carbons (Fsp3) is 0.810. The van der Waals surface area contributed by atoms with Crippen LogP contribution in [0.15, 0.2) is 0 Å². The molecule has 196 valence electrons. The van der Waals surface area contributed by atoms with Crippen molar-refractivity contribution in [1.29, 1.82) is 0 Å². The lowest BCUT2D eigenvalue weighted by Crippen LogP contribution is -2.48. The van der Waals surface area contributed by atoms with Crippen LogP contribution < -0.4 is 0 Å². The summed E-state index contributed by atoms with van der Waals surface area (Å²) in [6.45, 7) is 7.45. The van der Waals surface area contributed by atoms with E-state index < -0.39 is 18.3 Å². The van der Waals surface area contributed by atoms with Gasteiger partial charge in [0.1, 0.15) is 42.6 Å². The average Bonchev–Trinajstić information content (AvgIpc) is 2.70. The van der Waals surface area contributed by atoms with Crippen LogP contribution in [-0.2, 0) is 47.6 Å². The van der Waals surface area contributed by atoms with E-state index in [0.717, 1.165) is 0 Å². The Kier molecular flexibility index (Phi) is 14.1.